The number of aromatic nitrogens is 2. The molecule has 0 fully saturated rings. The Balaban J connectivity index is 2.87. The zero-order chi connectivity index (χ0) is 10.1. The molecule has 0 unspecified atom stereocenters. The molecule has 2 rings (SSSR count). The van der Waals surface area contributed by atoms with E-state index in [1.54, 1.807) is 0 Å². The van der Waals surface area contributed by atoms with Crippen LogP contribution in [0.3, 0.4) is 0 Å². The highest BCUT2D eigenvalue weighted by atomic mass is 16.6. The lowest BCUT2D eigenvalue weighted by Crippen LogP contribution is -1.90. The van der Waals surface area contributed by atoms with E-state index in [0.29, 0.717) is 0 Å². The van der Waals surface area contributed by atoms with Crippen LogP contribution >= 0.6 is 0 Å². The van der Waals surface area contributed by atoms with Gasteiger partial charge in [-0.3, -0.25) is 10.1 Å². The molecular formula is C7H2N4O3. The fraction of sp³-hybridized carbons (Fsp3) is 0. The van der Waals surface area contributed by atoms with Crippen molar-refractivity contribution in [1.82, 2.24) is 10.3 Å². The largest absolute Gasteiger partial charge is 0.300 e. The van der Waals surface area contributed by atoms with Gasteiger partial charge < -0.3 is 0 Å². The number of nitriles is 1. The average Bonchev–Trinajstić information content (AvgIpc) is 2.64. The highest BCUT2D eigenvalue weighted by Crippen LogP contribution is 2.24. The molecule has 2 aromatic rings. The predicted octanol–water partition coefficient (Wildman–Crippen LogP) is 1.00. The number of hydrogen-bond donors (Lipinski definition) is 0. The summed E-state index contributed by atoms with van der Waals surface area (Å²) < 4.78 is 4.34. The van der Waals surface area contributed by atoms with Gasteiger partial charge in [0.05, 0.1) is 10.5 Å². The first-order valence-corrected chi connectivity index (χ1v) is 3.54. The molecule has 0 atom stereocenters. The van der Waals surface area contributed by atoms with Crippen molar-refractivity contribution in [3.63, 3.8) is 0 Å². The molecule has 0 aliphatic carbocycles. The summed E-state index contributed by atoms with van der Waals surface area (Å²) in [6, 6.07) is 4.35. The SMILES string of the molecule is N#Cc1ccc([N+](=O)[O-])c2nonc12. The number of hydrogen-bond acceptors (Lipinski definition) is 6. The van der Waals surface area contributed by atoms with Gasteiger partial charge >= 0.3 is 5.69 Å². The number of rotatable bonds is 1. The Morgan fingerprint density at radius 3 is 2.79 bits per heavy atom. The third-order valence-corrected chi connectivity index (χ3v) is 1.71. The first kappa shape index (κ1) is 8.12. The first-order chi connectivity index (χ1) is 6.74. The fourth-order valence-corrected chi connectivity index (χ4v) is 1.09. The molecule has 1 aromatic heterocycles. The minimum Gasteiger partial charge on any atom is -0.258 e. The molecule has 0 spiro atoms. The second kappa shape index (κ2) is 2.77. The first-order valence-electron chi connectivity index (χ1n) is 3.54. The van der Waals surface area contributed by atoms with Crippen LogP contribution in [0.4, 0.5) is 5.69 Å². The number of fused-ring (bicyclic) bond motifs is 1. The van der Waals surface area contributed by atoms with Crippen molar-refractivity contribution in [2.75, 3.05) is 0 Å². The average molecular weight is 190 g/mol. The minimum atomic E-state index is -0.603. The molecule has 1 heterocycles. The summed E-state index contributed by atoms with van der Waals surface area (Å²) in [6.07, 6.45) is 0. The van der Waals surface area contributed by atoms with Crippen molar-refractivity contribution in [3.8, 4) is 6.07 Å². The van der Waals surface area contributed by atoms with E-state index < -0.39 is 4.92 Å². The summed E-state index contributed by atoms with van der Waals surface area (Å²) in [5, 5.41) is 26.0. The number of nitro benzene ring substituents is 1. The van der Waals surface area contributed by atoms with E-state index in [4.69, 9.17) is 5.26 Å². The van der Waals surface area contributed by atoms with Gasteiger partial charge in [-0.2, -0.15) is 5.26 Å². The summed E-state index contributed by atoms with van der Waals surface area (Å²) in [6.45, 7) is 0. The van der Waals surface area contributed by atoms with Crippen LogP contribution in [0.25, 0.3) is 11.0 Å². The van der Waals surface area contributed by atoms with E-state index in [9.17, 15) is 10.1 Å². The smallest absolute Gasteiger partial charge is 0.258 e. The van der Waals surface area contributed by atoms with Gasteiger partial charge in [-0.05, 0) is 16.4 Å². The number of benzene rings is 1. The van der Waals surface area contributed by atoms with Crippen molar-refractivity contribution >= 4 is 16.7 Å². The summed E-state index contributed by atoms with van der Waals surface area (Å²) >= 11 is 0. The maximum Gasteiger partial charge on any atom is 0.300 e. The number of non-ortho nitro benzene ring substituents is 1. The molecule has 68 valence electrons. The molecule has 0 saturated carbocycles. The Bertz CT molecular complexity index is 554. The van der Waals surface area contributed by atoms with Crippen LogP contribution in [0, 0.1) is 21.4 Å². The van der Waals surface area contributed by atoms with E-state index in [2.05, 4.69) is 14.9 Å². The van der Waals surface area contributed by atoms with E-state index in [0.717, 1.165) is 0 Å². The van der Waals surface area contributed by atoms with Gasteiger partial charge in [0.25, 0.3) is 0 Å². The second-order valence-corrected chi connectivity index (χ2v) is 2.46. The second-order valence-electron chi connectivity index (χ2n) is 2.46. The molecular weight excluding hydrogens is 188 g/mol. The van der Waals surface area contributed by atoms with Gasteiger partial charge in [-0.25, -0.2) is 4.63 Å². The highest BCUT2D eigenvalue weighted by Gasteiger charge is 2.18. The Morgan fingerprint density at radius 2 is 2.14 bits per heavy atom. The standard InChI is InChI=1S/C7H2N4O3/c8-3-4-1-2-5(11(12)13)7-6(4)9-14-10-7/h1-2H. The van der Waals surface area contributed by atoms with Gasteiger partial charge in [0.15, 0.2) is 5.52 Å². The van der Waals surface area contributed by atoms with E-state index in [1.807, 2.05) is 6.07 Å². The van der Waals surface area contributed by atoms with Crippen LogP contribution in [0.5, 0.6) is 0 Å². The third-order valence-electron chi connectivity index (χ3n) is 1.71. The zero-order valence-electron chi connectivity index (χ0n) is 6.67. The molecule has 0 saturated heterocycles. The Kier molecular flexibility index (Phi) is 1.61. The maximum absolute atomic E-state index is 10.5. The van der Waals surface area contributed by atoms with Gasteiger partial charge in [0.1, 0.15) is 6.07 Å². The lowest BCUT2D eigenvalue weighted by atomic mass is 10.2. The Labute approximate surface area is 76.7 Å². The molecule has 14 heavy (non-hydrogen) atoms. The van der Waals surface area contributed by atoms with E-state index in [1.165, 1.54) is 12.1 Å². The predicted molar refractivity (Wildman–Crippen MR) is 43.2 cm³/mol. The van der Waals surface area contributed by atoms with Gasteiger partial charge in [0.2, 0.25) is 5.52 Å². The van der Waals surface area contributed by atoms with Crippen LogP contribution in [-0.2, 0) is 0 Å². The fourth-order valence-electron chi connectivity index (χ4n) is 1.09. The molecule has 0 aliphatic rings. The Morgan fingerprint density at radius 1 is 1.43 bits per heavy atom. The monoisotopic (exact) mass is 190 g/mol. The summed E-state index contributed by atoms with van der Waals surface area (Å²) in [5.74, 6) is 0. The zero-order valence-corrected chi connectivity index (χ0v) is 6.67. The van der Waals surface area contributed by atoms with Crippen LogP contribution < -0.4 is 0 Å². The van der Waals surface area contributed by atoms with Gasteiger partial charge in [-0.1, -0.05) is 0 Å². The lowest BCUT2D eigenvalue weighted by molar-refractivity contribution is -0.383. The highest BCUT2D eigenvalue weighted by molar-refractivity contribution is 5.87. The molecule has 0 amide bonds. The van der Waals surface area contributed by atoms with E-state index >= 15 is 0 Å². The molecule has 1 aromatic carbocycles. The van der Waals surface area contributed by atoms with Crippen LogP contribution in [-0.4, -0.2) is 15.2 Å². The van der Waals surface area contributed by atoms with E-state index in [-0.39, 0.29) is 22.3 Å². The number of nitro groups is 1. The maximum atomic E-state index is 10.5. The molecule has 0 radical (unpaired) electrons. The van der Waals surface area contributed by atoms with Gasteiger partial charge in [0, 0.05) is 6.07 Å². The third kappa shape index (κ3) is 0.980. The van der Waals surface area contributed by atoms with Crippen molar-refractivity contribution < 1.29 is 9.55 Å². The molecule has 0 bridgehead atoms. The van der Waals surface area contributed by atoms with Crippen molar-refractivity contribution in [2.24, 2.45) is 0 Å². The molecule has 7 heteroatoms. The van der Waals surface area contributed by atoms with Crippen LogP contribution in [0.15, 0.2) is 16.8 Å². The lowest BCUT2D eigenvalue weighted by Gasteiger charge is -1.90. The number of nitrogens with zero attached hydrogens (tertiary/aromatic N) is 4. The van der Waals surface area contributed by atoms with Crippen molar-refractivity contribution in [1.29, 1.82) is 5.26 Å². The summed E-state index contributed by atoms with van der Waals surface area (Å²) in [7, 11) is 0. The van der Waals surface area contributed by atoms with Crippen molar-refractivity contribution in [2.45, 2.75) is 0 Å². The molecule has 0 aliphatic heterocycles. The normalized spacial score (nSPS) is 9.93. The van der Waals surface area contributed by atoms with Crippen LogP contribution in [0.2, 0.25) is 0 Å². The minimum absolute atomic E-state index is 0.00551. The summed E-state index contributed by atoms with van der Waals surface area (Å²) in [5.41, 5.74) is 0.0860. The quantitative estimate of drug-likeness (QED) is 0.490. The van der Waals surface area contributed by atoms with Crippen molar-refractivity contribution in [3.05, 3.63) is 27.8 Å². The topological polar surface area (TPSA) is 106 Å². The van der Waals surface area contributed by atoms with Crippen LogP contribution in [0.1, 0.15) is 5.56 Å². The molecule has 0 N–H and O–H groups in total. The summed E-state index contributed by atoms with van der Waals surface area (Å²) in [4.78, 5) is 9.92. The van der Waals surface area contributed by atoms with Gasteiger partial charge in [-0.15, -0.1) is 0 Å². The molecule has 7 nitrogen and oxygen atoms in total. The Hall–Kier alpha value is -2.49.